The summed E-state index contributed by atoms with van der Waals surface area (Å²) in [5, 5.41) is 20.1. The quantitative estimate of drug-likeness (QED) is 0.126. The molecule has 3 rings (SSSR count). The fourth-order valence-electron chi connectivity index (χ4n) is 4.44. The first kappa shape index (κ1) is 33.9. The topological polar surface area (TPSA) is 219 Å². The normalized spacial score (nSPS) is 13.8. The van der Waals surface area contributed by atoms with E-state index < -0.39 is 60.3 Å². The lowest BCUT2D eigenvalue weighted by Crippen LogP contribution is -2.55. The third-order valence-corrected chi connectivity index (χ3v) is 7.54. The number of carbonyl (C=O) groups is 5. The van der Waals surface area contributed by atoms with Crippen LogP contribution >= 0.6 is 11.3 Å². The molecular weight excluding hydrogens is 586 g/mol. The Kier molecular flexibility index (Phi) is 12.2. The van der Waals surface area contributed by atoms with Gasteiger partial charge in [-0.25, -0.2) is 9.78 Å². The largest absolute Gasteiger partial charge is 0.480 e. The number of rotatable bonds is 15. The summed E-state index contributed by atoms with van der Waals surface area (Å²) in [5.74, 6) is -3.66. The number of carbonyl (C=O) groups excluding carboxylic acids is 4. The molecule has 0 bridgehead atoms. The van der Waals surface area contributed by atoms with Gasteiger partial charge in [-0.1, -0.05) is 61.6 Å². The van der Waals surface area contributed by atoms with Crippen LogP contribution in [0.15, 0.2) is 48.5 Å². The fraction of sp³-hybridized carbons (Fsp3) is 0.400. The molecule has 14 heteroatoms. The van der Waals surface area contributed by atoms with Crippen LogP contribution in [0.1, 0.15) is 38.3 Å². The number of fused-ring (bicyclic) bond motifs is 1. The summed E-state index contributed by atoms with van der Waals surface area (Å²) in [6, 6.07) is 10.2. The molecule has 4 atom stereocenters. The van der Waals surface area contributed by atoms with E-state index in [0.29, 0.717) is 5.13 Å². The first-order chi connectivity index (χ1) is 20.8. The van der Waals surface area contributed by atoms with Gasteiger partial charge < -0.3 is 37.8 Å². The van der Waals surface area contributed by atoms with Gasteiger partial charge in [0.2, 0.25) is 23.6 Å². The molecule has 0 saturated heterocycles. The number of nitrogens with two attached hydrogens (primary N) is 2. The summed E-state index contributed by atoms with van der Waals surface area (Å²) in [6.45, 7) is 4.66. The highest BCUT2D eigenvalue weighted by Crippen LogP contribution is 2.25. The Labute approximate surface area is 259 Å². The van der Waals surface area contributed by atoms with Gasteiger partial charge in [-0.15, -0.1) is 0 Å². The Balaban J connectivity index is 1.53. The number of thiazole rings is 1. The number of benzene rings is 2. The van der Waals surface area contributed by atoms with Gasteiger partial charge in [-0.05, 0) is 48.9 Å². The molecule has 3 aromatic rings. The lowest BCUT2D eigenvalue weighted by molar-refractivity contribution is -0.142. The van der Waals surface area contributed by atoms with Gasteiger partial charge in [-0.3, -0.25) is 19.2 Å². The van der Waals surface area contributed by atoms with Gasteiger partial charge in [0.1, 0.15) is 18.1 Å². The molecule has 0 fully saturated rings. The van der Waals surface area contributed by atoms with Crippen LogP contribution in [0.4, 0.5) is 5.13 Å². The van der Waals surface area contributed by atoms with E-state index in [4.69, 9.17) is 11.5 Å². The number of nitrogens with zero attached hydrogens (tertiary/aromatic N) is 1. The van der Waals surface area contributed by atoms with Gasteiger partial charge in [0.15, 0.2) is 5.13 Å². The van der Waals surface area contributed by atoms with Gasteiger partial charge in [0.25, 0.3) is 0 Å². The maximum Gasteiger partial charge on any atom is 0.326 e. The summed E-state index contributed by atoms with van der Waals surface area (Å²) >= 11 is 1.33. The second kappa shape index (κ2) is 15.8. The van der Waals surface area contributed by atoms with Gasteiger partial charge in [0.05, 0.1) is 22.8 Å². The number of amides is 4. The highest BCUT2D eigenvalue weighted by Gasteiger charge is 2.28. The maximum absolute atomic E-state index is 13.1. The molecule has 2 aromatic carbocycles. The highest BCUT2D eigenvalue weighted by molar-refractivity contribution is 7.22. The van der Waals surface area contributed by atoms with Crippen LogP contribution in [0.5, 0.6) is 0 Å². The van der Waals surface area contributed by atoms with E-state index in [1.807, 2.05) is 19.9 Å². The van der Waals surface area contributed by atoms with E-state index >= 15 is 0 Å². The number of carboxylic acid groups (broad SMARTS) is 1. The van der Waals surface area contributed by atoms with E-state index in [0.717, 1.165) is 21.3 Å². The molecule has 1 heterocycles. The third kappa shape index (κ3) is 10.3. The van der Waals surface area contributed by atoms with Crippen molar-refractivity contribution in [3.8, 4) is 0 Å². The summed E-state index contributed by atoms with van der Waals surface area (Å²) in [5.41, 5.74) is 14.1. The van der Waals surface area contributed by atoms with Crippen LogP contribution in [0.2, 0.25) is 0 Å². The van der Waals surface area contributed by atoms with Crippen molar-refractivity contribution in [1.29, 1.82) is 0 Å². The van der Waals surface area contributed by atoms with E-state index in [-0.39, 0.29) is 25.2 Å². The molecule has 0 unspecified atom stereocenters. The minimum absolute atomic E-state index is 0.0128. The SMILES string of the molecule is CC(C)C[C@H](NC(=O)[C@H](Cc1ccccc1)NC(=O)CNC(=O)[C@H](C)NC(=O)[C@@H](N)Cc1ccc2nc(N)sc2c1)C(=O)O. The van der Waals surface area contributed by atoms with Crippen molar-refractivity contribution in [1.82, 2.24) is 26.3 Å². The fourth-order valence-corrected chi connectivity index (χ4v) is 5.23. The summed E-state index contributed by atoms with van der Waals surface area (Å²) in [4.78, 5) is 67.0. The summed E-state index contributed by atoms with van der Waals surface area (Å²) in [7, 11) is 0. The van der Waals surface area contributed by atoms with Crippen LogP contribution in [0, 0.1) is 5.92 Å². The van der Waals surface area contributed by atoms with Crippen molar-refractivity contribution in [2.24, 2.45) is 11.7 Å². The first-order valence-electron chi connectivity index (χ1n) is 14.2. The summed E-state index contributed by atoms with van der Waals surface area (Å²) < 4.78 is 0.874. The second-order valence-electron chi connectivity index (χ2n) is 11.0. The molecule has 1 aromatic heterocycles. The highest BCUT2D eigenvalue weighted by atomic mass is 32.1. The average Bonchev–Trinajstić information content (AvgIpc) is 3.34. The zero-order chi connectivity index (χ0) is 32.4. The van der Waals surface area contributed by atoms with Crippen molar-refractivity contribution in [2.45, 2.75) is 64.2 Å². The Morgan fingerprint density at radius 3 is 2.23 bits per heavy atom. The monoisotopic (exact) mass is 625 g/mol. The van der Waals surface area contributed by atoms with Crippen LogP contribution < -0.4 is 32.7 Å². The number of carboxylic acids is 1. The van der Waals surface area contributed by atoms with Crippen molar-refractivity contribution < 1.29 is 29.1 Å². The molecule has 4 amide bonds. The van der Waals surface area contributed by atoms with E-state index in [2.05, 4.69) is 26.3 Å². The van der Waals surface area contributed by atoms with Gasteiger partial charge in [-0.2, -0.15) is 0 Å². The Morgan fingerprint density at radius 1 is 0.864 bits per heavy atom. The Bertz CT molecular complexity index is 1480. The predicted octanol–water partition coefficient (Wildman–Crippen LogP) is 0.712. The Morgan fingerprint density at radius 2 is 1.57 bits per heavy atom. The maximum atomic E-state index is 13.1. The number of nitrogen functional groups attached to an aromatic ring is 1. The van der Waals surface area contributed by atoms with Gasteiger partial charge >= 0.3 is 5.97 Å². The second-order valence-corrected chi connectivity index (χ2v) is 12.0. The molecule has 0 aliphatic rings. The number of hydrogen-bond donors (Lipinski definition) is 7. The number of nitrogens with one attached hydrogen (secondary N) is 4. The van der Waals surface area contributed by atoms with Crippen molar-refractivity contribution >= 4 is 56.3 Å². The van der Waals surface area contributed by atoms with E-state index in [9.17, 15) is 29.1 Å². The lowest BCUT2D eigenvalue weighted by atomic mass is 10.0. The van der Waals surface area contributed by atoms with Crippen LogP contribution in [-0.4, -0.2) is 70.4 Å². The molecule has 0 spiro atoms. The lowest BCUT2D eigenvalue weighted by Gasteiger charge is -2.23. The molecular formula is C30H39N7O6S. The van der Waals surface area contributed by atoms with E-state index in [1.165, 1.54) is 18.3 Å². The molecule has 0 radical (unpaired) electrons. The Hall–Kier alpha value is -4.56. The number of anilines is 1. The zero-order valence-electron chi connectivity index (χ0n) is 24.8. The number of hydrogen-bond acceptors (Lipinski definition) is 9. The molecule has 0 aliphatic carbocycles. The number of aromatic nitrogens is 1. The van der Waals surface area contributed by atoms with Crippen LogP contribution in [-0.2, 0) is 36.8 Å². The van der Waals surface area contributed by atoms with Crippen LogP contribution in [0.3, 0.4) is 0 Å². The molecule has 0 aliphatic heterocycles. The molecule has 9 N–H and O–H groups in total. The summed E-state index contributed by atoms with van der Waals surface area (Å²) in [6.07, 6.45) is 0.544. The first-order valence-corrected chi connectivity index (χ1v) is 15.0. The molecule has 236 valence electrons. The predicted molar refractivity (Wildman–Crippen MR) is 167 cm³/mol. The minimum Gasteiger partial charge on any atom is -0.480 e. The zero-order valence-corrected chi connectivity index (χ0v) is 25.6. The van der Waals surface area contributed by atoms with Crippen LogP contribution in [0.25, 0.3) is 10.2 Å². The molecule has 0 saturated carbocycles. The smallest absolute Gasteiger partial charge is 0.326 e. The minimum atomic E-state index is -1.18. The molecule has 44 heavy (non-hydrogen) atoms. The van der Waals surface area contributed by atoms with Gasteiger partial charge in [0, 0.05) is 6.42 Å². The van der Waals surface area contributed by atoms with Crippen molar-refractivity contribution in [3.63, 3.8) is 0 Å². The van der Waals surface area contributed by atoms with Crippen molar-refractivity contribution in [2.75, 3.05) is 12.3 Å². The van der Waals surface area contributed by atoms with Crippen molar-refractivity contribution in [3.05, 3.63) is 59.7 Å². The third-order valence-electron chi connectivity index (χ3n) is 6.69. The molecule has 13 nitrogen and oxygen atoms in total. The van der Waals surface area contributed by atoms with E-state index in [1.54, 1.807) is 42.5 Å². The standard InChI is InChI=1S/C30H39N7O6S/c1-16(2)11-23(29(42)43)36-28(41)22(13-18-7-5-4-6-8-18)35-25(38)15-33-26(39)17(3)34-27(40)20(31)12-19-9-10-21-24(14-19)44-30(32)37-21/h4-10,14,16-17,20,22-23H,11-13,15,31H2,1-3H3,(H2,32,37)(H,33,39)(H,34,40)(H,35,38)(H,36,41)(H,42,43)/t17-,20-,22-,23-/m0/s1. The average molecular weight is 626 g/mol. The number of aliphatic carboxylic acids is 1.